The summed E-state index contributed by atoms with van der Waals surface area (Å²) in [7, 11) is -3.72. The Hall–Kier alpha value is -2.08. The smallest absolute Gasteiger partial charge is 0.276 e. The van der Waals surface area contributed by atoms with E-state index in [-0.39, 0.29) is 22.7 Å². The van der Waals surface area contributed by atoms with Gasteiger partial charge in [0, 0.05) is 24.3 Å². The lowest BCUT2D eigenvalue weighted by Gasteiger charge is -2.15. The maximum absolute atomic E-state index is 13.1. The summed E-state index contributed by atoms with van der Waals surface area (Å²) in [6.07, 6.45) is 7.50. The van der Waals surface area contributed by atoms with Crippen molar-refractivity contribution < 1.29 is 22.7 Å². The van der Waals surface area contributed by atoms with Crippen LogP contribution in [0.15, 0.2) is 11.4 Å². The Morgan fingerprint density at radius 1 is 1.25 bits per heavy atom. The molecule has 1 aliphatic carbocycles. The molecule has 2 aromatic rings. The second kappa shape index (κ2) is 9.42. The van der Waals surface area contributed by atoms with E-state index in [2.05, 4.69) is 20.6 Å². The molecular weight excluding hydrogens is 476 g/mol. The van der Waals surface area contributed by atoms with Gasteiger partial charge in [-0.2, -0.15) is 0 Å². The Kier molecular flexibility index (Phi) is 6.80. The van der Waals surface area contributed by atoms with E-state index in [4.69, 9.17) is 16.3 Å². The molecule has 0 bridgehead atoms. The minimum absolute atomic E-state index is 0.000641. The number of halogens is 1. The van der Waals surface area contributed by atoms with Crippen LogP contribution in [0.3, 0.4) is 0 Å². The molecule has 1 saturated heterocycles. The minimum atomic E-state index is -3.72. The van der Waals surface area contributed by atoms with Crippen molar-refractivity contribution in [1.82, 2.24) is 15.3 Å². The second-order valence-corrected chi connectivity index (χ2v) is 11.3. The number of nitrogens with zero attached hydrogens (tertiary/aromatic N) is 2. The first kappa shape index (κ1) is 23.1. The van der Waals surface area contributed by atoms with Gasteiger partial charge in [0.25, 0.3) is 11.8 Å². The lowest BCUT2D eigenvalue weighted by atomic mass is 9.95. The number of aromatic nitrogens is 2. The van der Waals surface area contributed by atoms with Crippen LogP contribution in [-0.4, -0.2) is 55.7 Å². The molecule has 2 N–H and O–H groups in total. The molecule has 0 radical (unpaired) electrons. The van der Waals surface area contributed by atoms with Gasteiger partial charge in [-0.3, -0.25) is 9.59 Å². The van der Waals surface area contributed by atoms with E-state index in [1.54, 1.807) is 0 Å². The Bertz CT molecular complexity index is 1160. The number of hydrogen-bond acceptors (Lipinski definition) is 8. The lowest BCUT2D eigenvalue weighted by Crippen LogP contribution is -2.32. The third-order valence-electron chi connectivity index (χ3n) is 5.41. The zero-order valence-electron chi connectivity index (χ0n) is 17.4. The molecule has 0 aromatic carbocycles. The van der Waals surface area contributed by atoms with E-state index < -0.39 is 20.9 Å². The summed E-state index contributed by atoms with van der Waals surface area (Å²) in [6, 6.07) is 0. The lowest BCUT2D eigenvalue weighted by molar-refractivity contribution is 0.0858. The van der Waals surface area contributed by atoms with Crippen molar-refractivity contribution in [2.75, 3.05) is 24.7 Å². The van der Waals surface area contributed by atoms with E-state index >= 15 is 0 Å². The first-order valence-corrected chi connectivity index (χ1v) is 13.4. The monoisotopic (exact) mass is 498 g/mol. The molecule has 2 aliphatic rings. The van der Waals surface area contributed by atoms with Gasteiger partial charge in [-0.25, -0.2) is 18.4 Å². The summed E-state index contributed by atoms with van der Waals surface area (Å²) in [5.74, 6) is -0.963. The minimum Gasteiger partial charge on any atom is -0.376 e. The van der Waals surface area contributed by atoms with Gasteiger partial charge in [0.2, 0.25) is 15.0 Å². The van der Waals surface area contributed by atoms with Crippen LogP contribution in [0.25, 0.3) is 0 Å². The van der Waals surface area contributed by atoms with Crippen molar-refractivity contribution in [1.29, 1.82) is 0 Å². The molecule has 12 heteroatoms. The average molecular weight is 499 g/mol. The number of hydrogen-bond donors (Lipinski definition) is 2. The number of carbonyl (C=O) groups excluding carboxylic acids is 2. The molecule has 1 unspecified atom stereocenters. The molecule has 0 spiro atoms. The van der Waals surface area contributed by atoms with Crippen molar-refractivity contribution in [2.45, 2.75) is 49.8 Å². The van der Waals surface area contributed by atoms with E-state index in [9.17, 15) is 18.0 Å². The number of anilines is 1. The zero-order chi connectivity index (χ0) is 22.9. The number of carbonyl (C=O) groups is 2. The van der Waals surface area contributed by atoms with Crippen molar-refractivity contribution >= 4 is 49.6 Å². The summed E-state index contributed by atoms with van der Waals surface area (Å²) in [4.78, 5) is 34.6. The van der Waals surface area contributed by atoms with Gasteiger partial charge in [0.15, 0.2) is 5.69 Å². The number of sulfone groups is 1. The van der Waals surface area contributed by atoms with Crippen LogP contribution in [-0.2, 0) is 27.4 Å². The molecule has 4 rings (SSSR count). The van der Waals surface area contributed by atoms with Crippen LogP contribution >= 0.6 is 22.9 Å². The van der Waals surface area contributed by atoms with Crippen LogP contribution < -0.4 is 10.6 Å². The number of thiophene rings is 1. The Morgan fingerprint density at radius 2 is 2.03 bits per heavy atom. The van der Waals surface area contributed by atoms with E-state index in [1.165, 1.54) is 11.3 Å². The van der Waals surface area contributed by atoms with Gasteiger partial charge in [-0.1, -0.05) is 11.6 Å². The van der Waals surface area contributed by atoms with Crippen molar-refractivity contribution in [3.8, 4) is 0 Å². The summed E-state index contributed by atoms with van der Waals surface area (Å²) in [6.45, 7) is 1.11. The van der Waals surface area contributed by atoms with Gasteiger partial charge in [-0.05, 0) is 44.1 Å². The first-order valence-electron chi connectivity index (χ1n) is 10.3. The predicted molar refractivity (Wildman–Crippen MR) is 120 cm³/mol. The average Bonchev–Trinajstić information content (AvgIpc) is 3.38. The maximum Gasteiger partial charge on any atom is 0.276 e. The fourth-order valence-electron chi connectivity index (χ4n) is 3.85. The fraction of sp³-hybridized carbons (Fsp3) is 0.500. The summed E-state index contributed by atoms with van der Waals surface area (Å²) in [5.41, 5.74) is 1.13. The Labute approximate surface area is 194 Å². The standard InChI is InChI=1S/C20H23ClN4O5S2/c1-32(28,29)20-23-10-13(21)16(24-20)18(27)25-19-15(12-6-2-3-7-14(12)31-19)17(26)22-9-11-5-4-8-30-11/h10-11H,2-9H2,1H3,(H,22,26)(H,25,27). The van der Waals surface area contributed by atoms with Gasteiger partial charge in [0.1, 0.15) is 5.00 Å². The normalized spacial score (nSPS) is 18.2. The molecular formula is C20H23ClN4O5S2. The van der Waals surface area contributed by atoms with Gasteiger partial charge in [0.05, 0.1) is 22.9 Å². The first-order chi connectivity index (χ1) is 15.2. The number of rotatable bonds is 6. The van der Waals surface area contributed by atoms with E-state index in [0.717, 1.165) is 61.4 Å². The van der Waals surface area contributed by atoms with Crippen molar-refractivity contribution in [2.24, 2.45) is 0 Å². The molecule has 1 fully saturated rings. The number of ether oxygens (including phenoxy) is 1. The van der Waals surface area contributed by atoms with Crippen LogP contribution in [0.5, 0.6) is 0 Å². The number of nitrogens with one attached hydrogen (secondary N) is 2. The highest BCUT2D eigenvalue weighted by atomic mass is 35.5. The number of fused-ring (bicyclic) bond motifs is 1. The summed E-state index contributed by atoms with van der Waals surface area (Å²) in [5, 5.41) is 5.49. The third kappa shape index (κ3) is 4.95. The van der Waals surface area contributed by atoms with Crippen LogP contribution in [0, 0.1) is 0 Å². The Morgan fingerprint density at radius 3 is 2.75 bits per heavy atom. The highest BCUT2D eigenvalue weighted by molar-refractivity contribution is 7.90. The van der Waals surface area contributed by atoms with Crippen LogP contribution in [0.2, 0.25) is 5.02 Å². The molecule has 1 aliphatic heterocycles. The second-order valence-electron chi connectivity index (χ2n) is 7.84. The SMILES string of the molecule is CS(=O)(=O)c1ncc(Cl)c(C(=O)Nc2sc3c(c2C(=O)NCC2CCCO2)CCCC3)n1. The Balaban J connectivity index is 1.61. The molecule has 32 heavy (non-hydrogen) atoms. The van der Waals surface area contributed by atoms with E-state index in [0.29, 0.717) is 23.7 Å². The molecule has 3 heterocycles. The highest BCUT2D eigenvalue weighted by Crippen LogP contribution is 2.38. The van der Waals surface area contributed by atoms with Gasteiger partial charge >= 0.3 is 0 Å². The molecule has 1 atom stereocenters. The summed E-state index contributed by atoms with van der Waals surface area (Å²) < 4.78 is 29.1. The largest absolute Gasteiger partial charge is 0.376 e. The van der Waals surface area contributed by atoms with Crippen LogP contribution in [0.1, 0.15) is 57.0 Å². The van der Waals surface area contributed by atoms with Gasteiger partial charge < -0.3 is 15.4 Å². The molecule has 9 nitrogen and oxygen atoms in total. The van der Waals surface area contributed by atoms with Crippen LogP contribution in [0.4, 0.5) is 5.00 Å². The summed E-state index contributed by atoms with van der Waals surface area (Å²) >= 11 is 7.42. The fourth-order valence-corrected chi connectivity index (χ4v) is 5.81. The van der Waals surface area contributed by atoms with Crippen molar-refractivity contribution in [3.63, 3.8) is 0 Å². The molecule has 172 valence electrons. The maximum atomic E-state index is 13.1. The molecule has 0 saturated carbocycles. The quantitative estimate of drug-likeness (QED) is 0.586. The van der Waals surface area contributed by atoms with E-state index in [1.807, 2.05) is 0 Å². The predicted octanol–water partition coefficient (Wildman–Crippen LogP) is 2.63. The molecule has 2 aromatic heterocycles. The zero-order valence-corrected chi connectivity index (χ0v) is 19.8. The number of amides is 2. The highest BCUT2D eigenvalue weighted by Gasteiger charge is 2.28. The third-order valence-corrected chi connectivity index (χ3v) is 7.75. The van der Waals surface area contributed by atoms with Crippen molar-refractivity contribution in [3.05, 3.63) is 32.9 Å². The van der Waals surface area contributed by atoms with Gasteiger partial charge in [-0.15, -0.1) is 11.3 Å². The number of aryl methyl sites for hydroxylation is 1. The molecule has 2 amide bonds. The topological polar surface area (TPSA) is 127 Å².